The summed E-state index contributed by atoms with van der Waals surface area (Å²) in [5.74, 6) is -0.152. The van der Waals surface area contributed by atoms with Crippen LogP contribution in [0.4, 0.5) is 0 Å². The van der Waals surface area contributed by atoms with Crippen molar-refractivity contribution in [2.45, 2.75) is 83.2 Å². The lowest BCUT2D eigenvalue weighted by molar-refractivity contribution is -0.310. The summed E-state index contributed by atoms with van der Waals surface area (Å²) in [6, 6.07) is 7.66. The Morgan fingerprint density at radius 1 is 1.00 bits per heavy atom. The monoisotopic (exact) mass is 379 g/mol. The average molecular weight is 380 g/mol. The van der Waals surface area contributed by atoms with Crippen LogP contribution in [0.15, 0.2) is 24.3 Å². The summed E-state index contributed by atoms with van der Waals surface area (Å²) in [6.45, 7) is 21.4. The molecule has 0 saturated heterocycles. The van der Waals surface area contributed by atoms with Gasteiger partial charge in [-0.15, -0.1) is 0 Å². The number of carboxylic acid groups (broad SMARTS) is 1. The molecule has 3 nitrogen and oxygen atoms in total. The first-order valence-corrected chi connectivity index (χ1v) is 14.3. The molecule has 2 unspecified atom stereocenters. The van der Waals surface area contributed by atoms with Crippen molar-refractivity contribution in [3.8, 4) is 5.75 Å². The lowest BCUT2D eigenvalue weighted by Crippen LogP contribution is -2.55. The summed E-state index contributed by atoms with van der Waals surface area (Å²) in [7, 11) is -3.59. The molecule has 25 heavy (non-hydrogen) atoms. The lowest BCUT2D eigenvalue weighted by atomic mass is 10.00. The van der Waals surface area contributed by atoms with Crippen molar-refractivity contribution in [3.05, 3.63) is 29.8 Å². The van der Waals surface area contributed by atoms with E-state index >= 15 is 0 Å². The Labute approximate surface area is 156 Å². The fraction of sp³-hybridized carbons (Fsp3) is 0.650. The molecule has 0 amide bonds. The highest BCUT2D eigenvalue weighted by Crippen LogP contribution is 2.41. The van der Waals surface area contributed by atoms with E-state index in [0.29, 0.717) is 0 Å². The Balaban J connectivity index is 3.21. The van der Waals surface area contributed by atoms with E-state index in [1.807, 2.05) is 31.2 Å². The first-order valence-electron chi connectivity index (χ1n) is 9.04. The van der Waals surface area contributed by atoms with Gasteiger partial charge in [0.2, 0.25) is 8.32 Å². The Morgan fingerprint density at radius 2 is 1.44 bits per heavy atom. The van der Waals surface area contributed by atoms with Gasteiger partial charge in [0.1, 0.15) is 5.75 Å². The third kappa shape index (κ3) is 4.56. The van der Waals surface area contributed by atoms with E-state index in [1.165, 1.54) is 0 Å². The average Bonchev–Trinajstić information content (AvgIpc) is 2.43. The molecular formula is C20H35O3Si2-. The molecule has 0 fully saturated rings. The molecule has 0 aliphatic rings. The van der Waals surface area contributed by atoms with Crippen LogP contribution in [-0.2, 0) is 9.83 Å². The van der Waals surface area contributed by atoms with Crippen molar-refractivity contribution < 1.29 is 14.3 Å². The minimum Gasteiger partial charge on any atom is -0.550 e. The molecule has 0 saturated carbocycles. The second kappa shape index (κ2) is 6.91. The van der Waals surface area contributed by atoms with Gasteiger partial charge in [0, 0.05) is 11.0 Å². The molecule has 0 heterocycles. The van der Waals surface area contributed by atoms with Crippen molar-refractivity contribution in [1.29, 1.82) is 0 Å². The molecule has 0 N–H and O–H groups in total. The second-order valence-corrected chi connectivity index (χ2v) is 19.0. The van der Waals surface area contributed by atoms with E-state index < -0.39 is 28.1 Å². The van der Waals surface area contributed by atoms with Crippen LogP contribution in [0.1, 0.15) is 54.0 Å². The van der Waals surface area contributed by atoms with E-state index in [9.17, 15) is 9.90 Å². The van der Waals surface area contributed by atoms with E-state index in [0.717, 1.165) is 11.3 Å². The van der Waals surface area contributed by atoms with Gasteiger partial charge in [0.15, 0.2) is 0 Å². The molecule has 1 rings (SSSR count). The van der Waals surface area contributed by atoms with Gasteiger partial charge in [-0.3, -0.25) is 0 Å². The molecule has 0 bridgehead atoms. The first kappa shape index (κ1) is 22.0. The Kier molecular flexibility index (Phi) is 6.07. The zero-order chi connectivity index (χ0) is 19.8. The van der Waals surface area contributed by atoms with Gasteiger partial charge < -0.3 is 14.3 Å². The third-order valence-electron chi connectivity index (χ3n) is 6.22. The number of hydrogen-bond acceptors (Lipinski definition) is 3. The molecule has 1 aromatic rings. The summed E-state index contributed by atoms with van der Waals surface area (Å²) < 4.78 is 6.31. The van der Waals surface area contributed by atoms with Gasteiger partial charge in [-0.25, -0.2) is 0 Å². The fourth-order valence-electron chi connectivity index (χ4n) is 2.73. The van der Waals surface area contributed by atoms with Crippen molar-refractivity contribution >= 4 is 23.1 Å². The van der Waals surface area contributed by atoms with Gasteiger partial charge in [-0.05, 0) is 40.9 Å². The number of rotatable bonds is 5. The summed E-state index contributed by atoms with van der Waals surface area (Å²) in [5, 5.41) is 11.3. The fourth-order valence-corrected chi connectivity index (χ4v) is 6.54. The zero-order valence-corrected chi connectivity index (χ0v) is 19.8. The number of hydrogen-bond donors (Lipinski definition) is 0. The van der Waals surface area contributed by atoms with E-state index in [1.54, 1.807) is 0 Å². The van der Waals surface area contributed by atoms with Crippen LogP contribution >= 0.6 is 0 Å². The SMILES string of the molecule is C[SiH](C(C)(C)C)C(C)(C(=O)[O-])c1ccc(O[Si](C)(C)C(C)(C)C)cc1. The summed E-state index contributed by atoms with van der Waals surface area (Å²) in [5.41, 5.74) is 0.823. The van der Waals surface area contributed by atoms with Crippen molar-refractivity contribution in [1.82, 2.24) is 0 Å². The molecule has 2 atom stereocenters. The van der Waals surface area contributed by atoms with E-state index in [2.05, 4.69) is 61.2 Å². The van der Waals surface area contributed by atoms with Crippen LogP contribution in [-0.4, -0.2) is 23.1 Å². The quantitative estimate of drug-likeness (QED) is 0.718. The predicted molar refractivity (Wildman–Crippen MR) is 109 cm³/mol. The number of carboxylic acids is 1. The summed E-state index contributed by atoms with van der Waals surface area (Å²) in [4.78, 5) is 12.1. The molecule has 0 radical (unpaired) electrons. The molecule has 142 valence electrons. The first-order chi connectivity index (χ1) is 11.0. The molecule has 5 heteroatoms. The van der Waals surface area contributed by atoms with Crippen LogP contribution < -0.4 is 9.53 Å². The number of carbonyl (C=O) groups is 1. The number of benzene rings is 1. The van der Waals surface area contributed by atoms with Crippen LogP contribution in [0.3, 0.4) is 0 Å². The standard InChI is InChI=1S/C20H36O3Si2/c1-18(2,3)24(8)20(7,17(21)22)15-11-13-16(14-12-15)23-25(9,10)19(4,5)6/h11-14,24H,1-10H3,(H,21,22)/p-1. The van der Waals surface area contributed by atoms with Crippen LogP contribution in [0.5, 0.6) is 5.75 Å². The minimum absolute atomic E-state index is 0.00880. The molecule has 0 spiro atoms. The number of aliphatic carboxylic acids is 1. The number of carbonyl (C=O) groups excluding carboxylic acids is 1. The van der Waals surface area contributed by atoms with Gasteiger partial charge in [0.25, 0.3) is 0 Å². The molecule has 0 aliphatic heterocycles. The second-order valence-electron chi connectivity index (χ2n) is 9.96. The van der Waals surface area contributed by atoms with Crippen molar-refractivity contribution in [3.63, 3.8) is 0 Å². The lowest BCUT2D eigenvalue weighted by Gasteiger charge is -2.43. The van der Waals surface area contributed by atoms with Crippen molar-refractivity contribution in [2.75, 3.05) is 0 Å². The minimum atomic E-state index is -1.90. The van der Waals surface area contributed by atoms with E-state index in [-0.39, 0.29) is 10.1 Å². The van der Waals surface area contributed by atoms with Gasteiger partial charge in [0.05, 0.1) is 8.80 Å². The predicted octanol–water partition coefficient (Wildman–Crippen LogP) is 4.27. The maximum absolute atomic E-state index is 12.1. The van der Waals surface area contributed by atoms with Gasteiger partial charge in [-0.1, -0.05) is 67.1 Å². The molecule has 0 aromatic heterocycles. The van der Waals surface area contributed by atoms with Crippen LogP contribution in [0.2, 0.25) is 29.7 Å². The topological polar surface area (TPSA) is 49.4 Å². The van der Waals surface area contributed by atoms with E-state index in [4.69, 9.17) is 4.43 Å². The summed E-state index contributed by atoms with van der Waals surface area (Å²) >= 11 is 0. The summed E-state index contributed by atoms with van der Waals surface area (Å²) in [6.07, 6.45) is 0. The highest BCUT2D eigenvalue weighted by Gasteiger charge is 2.42. The maximum atomic E-state index is 12.1. The molecular weight excluding hydrogens is 344 g/mol. The molecule has 0 aliphatic carbocycles. The normalized spacial score (nSPS) is 16.9. The maximum Gasteiger partial charge on any atom is 0.250 e. The Morgan fingerprint density at radius 3 is 1.76 bits per heavy atom. The molecule has 1 aromatic carbocycles. The Bertz CT molecular complexity index is 609. The van der Waals surface area contributed by atoms with Gasteiger partial charge >= 0.3 is 0 Å². The Hall–Kier alpha value is -1.08. The smallest absolute Gasteiger partial charge is 0.250 e. The third-order valence-corrected chi connectivity index (χ3v) is 15.5. The van der Waals surface area contributed by atoms with Crippen LogP contribution in [0, 0.1) is 0 Å². The van der Waals surface area contributed by atoms with Gasteiger partial charge in [-0.2, -0.15) is 0 Å². The highest BCUT2D eigenvalue weighted by molar-refractivity contribution is 6.74. The largest absolute Gasteiger partial charge is 0.550 e. The van der Waals surface area contributed by atoms with Crippen LogP contribution in [0.25, 0.3) is 0 Å². The highest BCUT2D eigenvalue weighted by atomic mass is 28.4. The zero-order valence-electron chi connectivity index (χ0n) is 17.6. The van der Waals surface area contributed by atoms with Crippen molar-refractivity contribution in [2.24, 2.45) is 0 Å².